The standard InChI is InChI=1S/C16H20FN3/c1-11-5-7-14(9-16(11)20(3)4)19-12(2)15-8-6-13(17)10-18-15/h5-10,12,19H,1-4H3. The molecule has 20 heavy (non-hydrogen) atoms. The van der Waals surface area contributed by atoms with Crippen LogP contribution in [-0.4, -0.2) is 19.1 Å². The topological polar surface area (TPSA) is 28.2 Å². The Balaban J connectivity index is 2.17. The van der Waals surface area contributed by atoms with E-state index < -0.39 is 0 Å². The summed E-state index contributed by atoms with van der Waals surface area (Å²) in [6, 6.07) is 9.39. The number of rotatable bonds is 4. The van der Waals surface area contributed by atoms with Crippen LogP contribution in [0, 0.1) is 12.7 Å². The van der Waals surface area contributed by atoms with E-state index in [-0.39, 0.29) is 11.9 Å². The van der Waals surface area contributed by atoms with Gasteiger partial charge >= 0.3 is 0 Å². The van der Waals surface area contributed by atoms with Gasteiger partial charge in [0.2, 0.25) is 0 Å². The molecule has 3 nitrogen and oxygen atoms in total. The lowest BCUT2D eigenvalue weighted by Crippen LogP contribution is -2.12. The van der Waals surface area contributed by atoms with Crippen LogP contribution in [0.2, 0.25) is 0 Å². The molecule has 0 aliphatic carbocycles. The molecule has 2 rings (SSSR count). The zero-order valence-electron chi connectivity index (χ0n) is 12.3. The monoisotopic (exact) mass is 273 g/mol. The highest BCUT2D eigenvalue weighted by atomic mass is 19.1. The van der Waals surface area contributed by atoms with Crippen molar-refractivity contribution >= 4 is 11.4 Å². The van der Waals surface area contributed by atoms with Gasteiger partial charge in [0.25, 0.3) is 0 Å². The molecule has 0 radical (unpaired) electrons. The van der Waals surface area contributed by atoms with Crippen LogP contribution in [0.4, 0.5) is 15.8 Å². The van der Waals surface area contributed by atoms with Gasteiger partial charge in [0.05, 0.1) is 17.9 Å². The molecule has 0 saturated carbocycles. The highest BCUT2D eigenvalue weighted by Gasteiger charge is 2.08. The summed E-state index contributed by atoms with van der Waals surface area (Å²) in [5, 5.41) is 3.39. The summed E-state index contributed by atoms with van der Waals surface area (Å²) < 4.78 is 12.9. The van der Waals surface area contributed by atoms with Crippen molar-refractivity contribution in [1.82, 2.24) is 4.98 Å². The van der Waals surface area contributed by atoms with Gasteiger partial charge in [-0.2, -0.15) is 0 Å². The van der Waals surface area contributed by atoms with E-state index in [1.165, 1.54) is 23.5 Å². The van der Waals surface area contributed by atoms with Crippen molar-refractivity contribution in [1.29, 1.82) is 0 Å². The second-order valence-corrected chi connectivity index (χ2v) is 5.16. The van der Waals surface area contributed by atoms with Crippen LogP contribution in [-0.2, 0) is 0 Å². The predicted molar refractivity (Wildman–Crippen MR) is 81.7 cm³/mol. The van der Waals surface area contributed by atoms with Crippen molar-refractivity contribution in [2.75, 3.05) is 24.3 Å². The van der Waals surface area contributed by atoms with Gasteiger partial charge in [-0.05, 0) is 43.7 Å². The molecule has 2 aromatic rings. The summed E-state index contributed by atoms with van der Waals surface area (Å²) in [5.41, 5.74) is 4.25. The van der Waals surface area contributed by atoms with Gasteiger partial charge < -0.3 is 10.2 Å². The number of hydrogen-bond donors (Lipinski definition) is 1. The van der Waals surface area contributed by atoms with Crippen LogP contribution in [0.3, 0.4) is 0 Å². The minimum Gasteiger partial charge on any atom is -0.377 e. The Labute approximate surface area is 119 Å². The lowest BCUT2D eigenvalue weighted by molar-refractivity contribution is 0.617. The van der Waals surface area contributed by atoms with Crippen LogP contribution in [0.15, 0.2) is 36.5 Å². The first-order valence-electron chi connectivity index (χ1n) is 6.63. The van der Waals surface area contributed by atoms with Crippen molar-refractivity contribution < 1.29 is 4.39 Å². The smallest absolute Gasteiger partial charge is 0.141 e. The molecular weight excluding hydrogens is 253 g/mol. The second-order valence-electron chi connectivity index (χ2n) is 5.16. The molecule has 0 spiro atoms. The van der Waals surface area contributed by atoms with Crippen LogP contribution in [0.1, 0.15) is 24.2 Å². The summed E-state index contributed by atoms with van der Waals surface area (Å²) >= 11 is 0. The van der Waals surface area contributed by atoms with Gasteiger partial charge in [-0.15, -0.1) is 0 Å². The zero-order valence-corrected chi connectivity index (χ0v) is 12.3. The molecule has 1 heterocycles. The Kier molecular flexibility index (Phi) is 4.23. The molecule has 0 bridgehead atoms. The van der Waals surface area contributed by atoms with E-state index in [9.17, 15) is 4.39 Å². The van der Waals surface area contributed by atoms with E-state index >= 15 is 0 Å². The number of halogens is 1. The first kappa shape index (κ1) is 14.3. The third-order valence-corrected chi connectivity index (χ3v) is 3.27. The first-order chi connectivity index (χ1) is 9.47. The van der Waals surface area contributed by atoms with Crippen molar-refractivity contribution in [3.63, 3.8) is 0 Å². The number of nitrogens with one attached hydrogen (secondary N) is 1. The Hall–Kier alpha value is -2.10. The second kappa shape index (κ2) is 5.90. The largest absolute Gasteiger partial charge is 0.377 e. The quantitative estimate of drug-likeness (QED) is 0.919. The van der Waals surface area contributed by atoms with Gasteiger partial charge in [-0.25, -0.2) is 4.39 Å². The molecule has 0 fully saturated rings. The minimum atomic E-state index is -0.314. The van der Waals surface area contributed by atoms with Crippen molar-refractivity contribution in [3.8, 4) is 0 Å². The Morgan fingerprint density at radius 2 is 1.95 bits per heavy atom. The normalized spacial score (nSPS) is 12.1. The number of anilines is 2. The molecule has 1 aromatic carbocycles. The SMILES string of the molecule is Cc1ccc(NC(C)c2ccc(F)cn2)cc1N(C)C. The maximum atomic E-state index is 12.9. The number of aryl methyl sites for hydroxylation is 1. The molecule has 0 aliphatic rings. The maximum Gasteiger partial charge on any atom is 0.141 e. The fourth-order valence-electron chi connectivity index (χ4n) is 2.15. The third kappa shape index (κ3) is 3.26. The fourth-order valence-corrected chi connectivity index (χ4v) is 2.15. The predicted octanol–water partition coefficient (Wildman–Crippen LogP) is 3.77. The molecule has 0 saturated heterocycles. The summed E-state index contributed by atoms with van der Waals surface area (Å²) in [4.78, 5) is 6.19. The van der Waals surface area contributed by atoms with E-state index in [0.29, 0.717) is 0 Å². The average molecular weight is 273 g/mol. The van der Waals surface area contributed by atoms with Crippen molar-refractivity contribution in [3.05, 3.63) is 53.6 Å². The number of pyridine rings is 1. The first-order valence-corrected chi connectivity index (χ1v) is 6.63. The van der Waals surface area contributed by atoms with E-state index in [1.807, 2.05) is 27.1 Å². The van der Waals surface area contributed by atoms with Gasteiger partial charge in [-0.3, -0.25) is 4.98 Å². The molecule has 4 heteroatoms. The lowest BCUT2D eigenvalue weighted by atomic mass is 10.1. The van der Waals surface area contributed by atoms with Crippen molar-refractivity contribution in [2.24, 2.45) is 0 Å². The number of nitrogens with zero attached hydrogens (tertiary/aromatic N) is 2. The molecule has 1 aromatic heterocycles. The lowest BCUT2D eigenvalue weighted by Gasteiger charge is -2.20. The van der Waals surface area contributed by atoms with Crippen molar-refractivity contribution in [2.45, 2.75) is 19.9 Å². The van der Waals surface area contributed by atoms with E-state index in [2.05, 4.69) is 34.3 Å². The Bertz CT molecular complexity index is 579. The third-order valence-electron chi connectivity index (χ3n) is 3.27. The van der Waals surface area contributed by atoms with Gasteiger partial charge in [-0.1, -0.05) is 6.07 Å². The summed E-state index contributed by atoms with van der Waals surface area (Å²) in [6.07, 6.45) is 1.24. The highest BCUT2D eigenvalue weighted by molar-refractivity contribution is 5.62. The zero-order chi connectivity index (χ0) is 14.7. The van der Waals surface area contributed by atoms with E-state index in [1.54, 1.807) is 6.07 Å². The van der Waals surface area contributed by atoms with Crippen LogP contribution in [0.25, 0.3) is 0 Å². The molecule has 0 amide bonds. The molecule has 0 aliphatic heterocycles. The van der Waals surface area contributed by atoms with Crippen LogP contribution in [0.5, 0.6) is 0 Å². The Morgan fingerprint density at radius 1 is 1.20 bits per heavy atom. The van der Waals surface area contributed by atoms with Gasteiger partial charge in [0.1, 0.15) is 5.82 Å². The van der Waals surface area contributed by atoms with Gasteiger partial charge in [0.15, 0.2) is 0 Å². The summed E-state index contributed by atoms with van der Waals surface area (Å²) in [7, 11) is 4.05. The van der Waals surface area contributed by atoms with Crippen LogP contribution < -0.4 is 10.2 Å². The molecule has 106 valence electrons. The van der Waals surface area contributed by atoms with E-state index in [0.717, 1.165) is 11.4 Å². The number of benzene rings is 1. The Morgan fingerprint density at radius 3 is 2.55 bits per heavy atom. The van der Waals surface area contributed by atoms with E-state index in [4.69, 9.17) is 0 Å². The average Bonchev–Trinajstić information content (AvgIpc) is 2.41. The minimum absolute atomic E-state index is 0.0216. The number of aromatic nitrogens is 1. The highest BCUT2D eigenvalue weighted by Crippen LogP contribution is 2.25. The van der Waals surface area contributed by atoms with Gasteiger partial charge in [0, 0.05) is 25.5 Å². The summed E-state index contributed by atoms with van der Waals surface area (Å²) in [5.74, 6) is -0.314. The summed E-state index contributed by atoms with van der Waals surface area (Å²) in [6.45, 7) is 4.10. The molecule has 1 atom stereocenters. The maximum absolute atomic E-state index is 12.9. The van der Waals surface area contributed by atoms with Crippen LogP contribution >= 0.6 is 0 Å². The molecule has 1 N–H and O–H groups in total. The fraction of sp³-hybridized carbons (Fsp3) is 0.312. The number of hydrogen-bond acceptors (Lipinski definition) is 3. The molecule has 1 unspecified atom stereocenters. The molecular formula is C16H20FN3.